The van der Waals surface area contributed by atoms with Crippen LogP contribution >= 0.6 is 0 Å². The van der Waals surface area contributed by atoms with Gasteiger partial charge in [0.05, 0.1) is 11.1 Å². The fourth-order valence-corrected chi connectivity index (χ4v) is 4.21. The van der Waals surface area contributed by atoms with Crippen molar-refractivity contribution in [1.29, 1.82) is 0 Å². The van der Waals surface area contributed by atoms with Gasteiger partial charge in [-0.15, -0.1) is 0 Å². The summed E-state index contributed by atoms with van der Waals surface area (Å²) in [7, 11) is 0. The van der Waals surface area contributed by atoms with Gasteiger partial charge in [0.2, 0.25) is 0 Å². The summed E-state index contributed by atoms with van der Waals surface area (Å²) in [4.78, 5) is 43.5. The maximum absolute atomic E-state index is 12.6. The Balaban J connectivity index is 1.46. The largest absolute Gasteiger partial charge is 0.360 e. The maximum atomic E-state index is 12.6. The van der Waals surface area contributed by atoms with E-state index in [2.05, 4.69) is 15.3 Å². The molecule has 5 rings (SSSR count). The average Bonchev–Trinajstić information content (AvgIpc) is 3.17. The molecule has 0 saturated heterocycles. The van der Waals surface area contributed by atoms with Crippen LogP contribution in [0.5, 0.6) is 0 Å². The van der Waals surface area contributed by atoms with Crippen LogP contribution in [0.15, 0.2) is 53.5 Å². The van der Waals surface area contributed by atoms with Gasteiger partial charge < -0.3 is 15.3 Å². The highest BCUT2D eigenvalue weighted by molar-refractivity contribution is 6.48. The van der Waals surface area contributed by atoms with E-state index in [1.54, 1.807) is 24.4 Å². The maximum Gasteiger partial charge on any atom is 0.296 e. The van der Waals surface area contributed by atoms with Crippen LogP contribution in [0.25, 0.3) is 21.8 Å². The summed E-state index contributed by atoms with van der Waals surface area (Å²) < 4.78 is 0. The molecular formula is C23H19N3O3. The summed E-state index contributed by atoms with van der Waals surface area (Å²) in [6.45, 7) is 0. The van der Waals surface area contributed by atoms with Crippen molar-refractivity contribution < 1.29 is 9.59 Å². The summed E-state index contributed by atoms with van der Waals surface area (Å²) in [5.74, 6) is -1.32. The lowest BCUT2D eigenvalue weighted by molar-refractivity contribution is -0.112. The number of nitrogens with one attached hydrogen (secondary N) is 3. The summed E-state index contributed by atoms with van der Waals surface area (Å²) >= 11 is 0. The zero-order valence-electron chi connectivity index (χ0n) is 15.7. The van der Waals surface area contributed by atoms with E-state index in [0.29, 0.717) is 22.2 Å². The third kappa shape index (κ3) is 2.93. The minimum atomic E-state index is -0.714. The first-order chi connectivity index (χ1) is 14.1. The molecule has 0 aliphatic heterocycles. The van der Waals surface area contributed by atoms with Crippen LogP contribution < -0.4 is 10.9 Å². The number of aryl methyl sites for hydroxylation is 1. The molecule has 0 fully saturated rings. The van der Waals surface area contributed by atoms with Gasteiger partial charge in [0, 0.05) is 33.7 Å². The summed E-state index contributed by atoms with van der Waals surface area (Å²) in [6, 6.07) is 12.7. The van der Waals surface area contributed by atoms with E-state index in [9.17, 15) is 14.4 Å². The SMILES string of the molecule is O=C(Nc1ccc2c3c(c(=O)[nH]c2c1)CCCC3)C(=O)c1c[nH]c2ccccc12. The Morgan fingerprint density at radius 2 is 1.69 bits per heavy atom. The second kappa shape index (κ2) is 6.74. The molecule has 3 N–H and O–H groups in total. The van der Waals surface area contributed by atoms with E-state index in [4.69, 9.17) is 0 Å². The Bertz CT molecular complexity index is 1350. The first-order valence-electron chi connectivity index (χ1n) is 9.71. The van der Waals surface area contributed by atoms with Gasteiger partial charge in [0.25, 0.3) is 17.2 Å². The normalized spacial score (nSPS) is 13.4. The lowest BCUT2D eigenvalue weighted by Crippen LogP contribution is -2.23. The molecule has 2 aromatic carbocycles. The van der Waals surface area contributed by atoms with Crippen molar-refractivity contribution in [3.05, 3.63) is 75.7 Å². The second-order valence-corrected chi connectivity index (χ2v) is 7.41. The first-order valence-corrected chi connectivity index (χ1v) is 9.71. The van der Waals surface area contributed by atoms with E-state index >= 15 is 0 Å². The standard InChI is InChI=1S/C23H19N3O3/c27-21(18-12-24-19-8-4-3-6-15(18)19)23(29)25-13-9-10-16-14-5-1-2-7-17(14)22(28)26-20(16)11-13/h3-4,6,8-12,24H,1-2,5,7H2,(H,25,29)(H,26,28). The number of amides is 1. The predicted octanol–water partition coefficient (Wildman–Crippen LogP) is 3.71. The minimum Gasteiger partial charge on any atom is -0.360 e. The van der Waals surface area contributed by atoms with Crippen molar-refractivity contribution in [3.8, 4) is 0 Å². The Hall–Kier alpha value is -3.67. The summed E-state index contributed by atoms with van der Waals surface area (Å²) in [5.41, 5.74) is 4.19. The van der Waals surface area contributed by atoms with Crippen LogP contribution in [0.2, 0.25) is 0 Å². The molecule has 0 radical (unpaired) electrons. The van der Waals surface area contributed by atoms with E-state index in [-0.39, 0.29) is 5.56 Å². The molecule has 6 nitrogen and oxygen atoms in total. The van der Waals surface area contributed by atoms with Crippen molar-refractivity contribution in [2.75, 3.05) is 5.32 Å². The monoisotopic (exact) mass is 385 g/mol. The zero-order chi connectivity index (χ0) is 20.0. The van der Waals surface area contributed by atoms with Gasteiger partial charge in [-0.3, -0.25) is 14.4 Å². The molecule has 0 unspecified atom stereocenters. The number of fused-ring (bicyclic) bond motifs is 4. The van der Waals surface area contributed by atoms with Crippen LogP contribution in [-0.4, -0.2) is 21.7 Å². The van der Waals surface area contributed by atoms with E-state index in [1.165, 1.54) is 0 Å². The highest BCUT2D eigenvalue weighted by Crippen LogP contribution is 2.27. The molecule has 144 valence electrons. The predicted molar refractivity (Wildman–Crippen MR) is 112 cm³/mol. The van der Waals surface area contributed by atoms with Gasteiger partial charge in [-0.05, 0) is 49.4 Å². The molecule has 0 atom stereocenters. The van der Waals surface area contributed by atoms with Gasteiger partial charge in [-0.1, -0.05) is 24.3 Å². The van der Waals surface area contributed by atoms with Crippen LogP contribution in [0.3, 0.4) is 0 Å². The van der Waals surface area contributed by atoms with Crippen molar-refractivity contribution in [2.45, 2.75) is 25.7 Å². The van der Waals surface area contributed by atoms with E-state index < -0.39 is 11.7 Å². The topological polar surface area (TPSA) is 94.8 Å². The number of rotatable bonds is 3. The molecule has 1 aliphatic carbocycles. The van der Waals surface area contributed by atoms with Crippen LogP contribution in [0.4, 0.5) is 5.69 Å². The summed E-state index contributed by atoms with van der Waals surface area (Å²) in [5, 5.41) is 4.37. The number of carbonyl (C=O) groups is 2. The molecule has 2 aromatic heterocycles. The van der Waals surface area contributed by atoms with E-state index in [1.807, 2.05) is 24.3 Å². The smallest absolute Gasteiger partial charge is 0.296 e. The van der Waals surface area contributed by atoms with Crippen LogP contribution in [0.1, 0.15) is 34.3 Å². The number of hydrogen-bond acceptors (Lipinski definition) is 3. The third-order valence-electron chi connectivity index (χ3n) is 5.63. The van der Waals surface area contributed by atoms with Gasteiger partial charge >= 0.3 is 0 Å². The Labute approximate surface area is 165 Å². The Morgan fingerprint density at radius 3 is 2.55 bits per heavy atom. The lowest BCUT2D eigenvalue weighted by Gasteiger charge is -2.17. The average molecular weight is 385 g/mol. The molecule has 6 heteroatoms. The number of anilines is 1. The number of carbonyl (C=O) groups excluding carboxylic acids is 2. The summed E-state index contributed by atoms with van der Waals surface area (Å²) in [6.07, 6.45) is 5.35. The zero-order valence-corrected chi connectivity index (χ0v) is 15.7. The van der Waals surface area contributed by atoms with Crippen LogP contribution in [0, 0.1) is 0 Å². The lowest BCUT2D eigenvalue weighted by atomic mass is 9.90. The highest BCUT2D eigenvalue weighted by atomic mass is 16.2. The number of aromatic nitrogens is 2. The number of benzene rings is 2. The molecule has 0 spiro atoms. The fourth-order valence-electron chi connectivity index (χ4n) is 4.21. The molecular weight excluding hydrogens is 366 g/mol. The molecule has 0 saturated carbocycles. The van der Waals surface area contributed by atoms with E-state index in [0.717, 1.165) is 47.7 Å². The molecule has 0 bridgehead atoms. The molecule has 29 heavy (non-hydrogen) atoms. The first kappa shape index (κ1) is 17.4. The number of aromatic amines is 2. The highest BCUT2D eigenvalue weighted by Gasteiger charge is 2.21. The van der Waals surface area contributed by atoms with Gasteiger partial charge in [-0.2, -0.15) is 0 Å². The molecule has 4 aromatic rings. The number of Topliss-reactive ketones (excluding diaryl/α,β-unsaturated/α-hetero) is 1. The Morgan fingerprint density at radius 1 is 0.897 bits per heavy atom. The molecule has 1 aliphatic rings. The van der Waals surface area contributed by atoms with Crippen LogP contribution in [-0.2, 0) is 17.6 Å². The Kier molecular flexibility index (Phi) is 4.05. The number of para-hydroxylation sites is 1. The molecule has 2 heterocycles. The number of pyridine rings is 1. The van der Waals surface area contributed by atoms with Crippen molar-refractivity contribution in [3.63, 3.8) is 0 Å². The van der Waals surface area contributed by atoms with Crippen molar-refractivity contribution in [2.24, 2.45) is 0 Å². The van der Waals surface area contributed by atoms with Gasteiger partial charge in [0.1, 0.15) is 0 Å². The molecule has 1 amide bonds. The van der Waals surface area contributed by atoms with Crippen molar-refractivity contribution >= 4 is 39.2 Å². The number of hydrogen-bond donors (Lipinski definition) is 3. The van der Waals surface area contributed by atoms with Gasteiger partial charge in [0.15, 0.2) is 0 Å². The minimum absolute atomic E-state index is 0.0643. The fraction of sp³-hybridized carbons (Fsp3) is 0.174. The second-order valence-electron chi connectivity index (χ2n) is 7.41. The van der Waals surface area contributed by atoms with Crippen molar-refractivity contribution in [1.82, 2.24) is 9.97 Å². The van der Waals surface area contributed by atoms with Gasteiger partial charge in [-0.25, -0.2) is 0 Å². The third-order valence-corrected chi connectivity index (χ3v) is 5.63. The number of H-pyrrole nitrogens is 2. The quantitative estimate of drug-likeness (QED) is 0.371. The number of ketones is 1.